The van der Waals surface area contributed by atoms with Crippen molar-refractivity contribution < 1.29 is 9.53 Å². The Hall–Kier alpha value is -0.650. The maximum absolute atomic E-state index is 11.9. The van der Waals surface area contributed by atoms with Crippen molar-refractivity contribution >= 4 is 5.91 Å². The zero-order valence-electron chi connectivity index (χ0n) is 10.9. The Morgan fingerprint density at radius 3 is 3.00 bits per heavy atom. The van der Waals surface area contributed by atoms with Crippen LogP contribution in [-0.2, 0) is 9.53 Å². The van der Waals surface area contributed by atoms with E-state index in [-0.39, 0.29) is 12.0 Å². The van der Waals surface area contributed by atoms with E-state index in [1.165, 1.54) is 25.8 Å². The number of carbonyl (C=O) groups is 1. The Labute approximate surface area is 108 Å². The van der Waals surface area contributed by atoms with Gasteiger partial charge < -0.3 is 20.3 Å². The first-order chi connectivity index (χ1) is 8.83. The van der Waals surface area contributed by atoms with E-state index in [2.05, 4.69) is 15.5 Å². The van der Waals surface area contributed by atoms with Crippen LogP contribution in [0, 0.1) is 5.92 Å². The number of nitrogens with zero attached hydrogens (tertiary/aromatic N) is 1. The monoisotopic (exact) mass is 253 g/mol. The molecule has 1 aliphatic carbocycles. The lowest BCUT2D eigenvalue weighted by Gasteiger charge is -2.23. The Kier molecular flexibility index (Phi) is 3.82. The van der Waals surface area contributed by atoms with Crippen LogP contribution in [0.3, 0.4) is 0 Å². The highest BCUT2D eigenvalue weighted by atomic mass is 16.5. The Bertz CT molecular complexity index is 301. The van der Waals surface area contributed by atoms with Crippen molar-refractivity contribution in [3.8, 4) is 0 Å². The molecule has 2 heterocycles. The van der Waals surface area contributed by atoms with Crippen molar-refractivity contribution in [3.05, 3.63) is 0 Å². The average Bonchev–Trinajstić information content (AvgIpc) is 3.16. The smallest absolute Gasteiger partial charge is 0.250 e. The van der Waals surface area contributed by atoms with E-state index in [0.717, 1.165) is 25.7 Å². The number of carbonyl (C=O) groups excluding carboxylic acids is 1. The Balaban J connectivity index is 1.37. The third-order valence-corrected chi connectivity index (χ3v) is 4.17. The van der Waals surface area contributed by atoms with Gasteiger partial charge in [-0.2, -0.15) is 0 Å². The summed E-state index contributed by atoms with van der Waals surface area (Å²) in [5, 5.41) is 6.22. The summed E-state index contributed by atoms with van der Waals surface area (Å²) < 4.78 is 5.44. The van der Waals surface area contributed by atoms with Crippen molar-refractivity contribution in [2.24, 2.45) is 5.92 Å². The third-order valence-electron chi connectivity index (χ3n) is 4.17. The molecule has 5 nitrogen and oxygen atoms in total. The van der Waals surface area contributed by atoms with Gasteiger partial charge in [0, 0.05) is 32.2 Å². The minimum absolute atomic E-state index is 0.0482. The number of hydrogen-bond donors (Lipinski definition) is 2. The van der Waals surface area contributed by atoms with E-state index in [0.29, 0.717) is 19.1 Å². The molecule has 3 fully saturated rings. The zero-order chi connectivity index (χ0) is 12.4. The van der Waals surface area contributed by atoms with E-state index in [1.54, 1.807) is 0 Å². The summed E-state index contributed by atoms with van der Waals surface area (Å²) in [6, 6.07) is 0.858. The predicted molar refractivity (Wildman–Crippen MR) is 68.3 cm³/mol. The van der Waals surface area contributed by atoms with E-state index in [1.807, 2.05) is 0 Å². The molecule has 2 aliphatic heterocycles. The second-order valence-electron chi connectivity index (χ2n) is 5.69. The van der Waals surface area contributed by atoms with Crippen molar-refractivity contribution in [2.45, 2.75) is 31.4 Å². The minimum Gasteiger partial charge on any atom is -0.366 e. The predicted octanol–water partition coefficient (Wildman–Crippen LogP) is -0.425. The van der Waals surface area contributed by atoms with Gasteiger partial charge in [-0.15, -0.1) is 0 Å². The molecule has 0 aromatic carbocycles. The first-order valence-corrected chi connectivity index (χ1v) is 7.17. The fraction of sp³-hybridized carbons (Fsp3) is 0.923. The largest absolute Gasteiger partial charge is 0.366 e. The fourth-order valence-electron chi connectivity index (χ4n) is 2.89. The van der Waals surface area contributed by atoms with Crippen LogP contribution < -0.4 is 10.6 Å². The van der Waals surface area contributed by atoms with E-state index < -0.39 is 0 Å². The first-order valence-electron chi connectivity index (χ1n) is 7.17. The molecule has 0 aromatic heterocycles. The minimum atomic E-state index is -0.292. The van der Waals surface area contributed by atoms with Crippen LogP contribution >= 0.6 is 0 Å². The number of morpholine rings is 1. The lowest BCUT2D eigenvalue weighted by Crippen LogP contribution is -2.48. The zero-order valence-corrected chi connectivity index (χ0v) is 10.9. The highest BCUT2D eigenvalue weighted by Crippen LogP contribution is 2.31. The summed E-state index contributed by atoms with van der Waals surface area (Å²) in [7, 11) is 0. The summed E-state index contributed by atoms with van der Waals surface area (Å²) in [5.41, 5.74) is 0. The molecule has 2 unspecified atom stereocenters. The number of likely N-dealkylation sites (tertiary alicyclic amines) is 1. The van der Waals surface area contributed by atoms with Crippen molar-refractivity contribution in [1.82, 2.24) is 15.5 Å². The number of ether oxygens (including phenoxy) is 1. The molecule has 2 N–H and O–H groups in total. The van der Waals surface area contributed by atoms with Crippen LogP contribution in [0.4, 0.5) is 0 Å². The molecule has 2 saturated heterocycles. The van der Waals surface area contributed by atoms with Gasteiger partial charge in [0.2, 0.25) is 5.91 Å². The summed E-state index contributed by atoms with van der Waals surface area (Å²) >= 11 is 0. The van der Waals surface area contributed by atoms with Crippen molar-refractivity contribution in [2.75, 3.05) is 39.3 Å². The van der Waals surface area contributed by atoms with E-state index >= 15 is 0 Å². The molecule has 0 bridgehead atoms. The van der Waals surface area contributed by atoms with Crippen LogP contribution in [0.25, 0.3) is 0 Å². The highest BCUT2D eigenvalue weighted by molar-refractivity contribution is 5.81. The third kappa shape index (κ3) is 3.02. The normalized spacial score (nSPS) is 33.6. The topological polar surface area (TPSA) is 53.6 Å². The standard InChI is InChI=1S/C13H23N3O2/c17-13(12-8-14-4-6-18-12)15-7-10-3-5-16(9-10)11-1-2-11/h10-12,14H,1-9H2,(H,15,17). The van der Waals surface area contributed by atoms with Gasteiger partial charge >= 0.3 is 0 Å². The number of rotatable bonds is 4. The van der Waals surface area contributed by atoms with Gasteiger partial charge in [0.05, 0.1) is 6.61 Å². The molecular weight excluding hydrogens is 230 g/mol. The molecule has 1 amide bonds. The second kappa shape index (κ2) is 5.55. The molecule has 3 rings (SSSR count). The molecule has 0 aromatic rings. The molecule has 2 atom stereocenters. The van der Waals surface area contributed by atoms with Gasteiger partial charge in [-0.3, -0.25) is 4.79 Å². The van der Waals surface area contributed by atoms with E-state index in [4.69, 9.17) is 4.74 Å². The van der Waals surface area contributed by atoms with Gasteiger partial charge in [-0.1, -0.05) is 0 Å². The van der Waals surface area contributed by atoms with Crippen molar-refractivity contribution in [3.63, 3.8) is 0 Å². The van der Waals surface area contributed by atoms with Gasteiger partial charge in [0.15, 0.2) is 0 Å². The summed E-state index contributed by atoms with van der Waals surface area (Å²) in [6.45, 7) is 5.31. The Morgan fingerprint density at radius 2 is 2.28 bits per heavy atom. The summed E-state index contributed by atoms with van der Waals surface area (Å²) in [5.74, 6) is 0.679. The lowest BCUT2D eigenvalue weighted by atomic mass is 10.1. The molecule has 102 valence electrons. The van der Waals surface area contributed by atoms with Crippen LogP contribution in [0.15, 0.2) is 0 Å². The van der Waals surface area contributed by atoms with Crippen LogP contribution in [0.1, 0.15) is 19.3 Å². The Morgan fingerprint density at radius 1 is 1.39 bits per heavy atom. The quantitative estimate of drug-likeness (QED) is 0.714. The van der Waals surface area contributed by atoms with Crippen molar-refractivity contribution in [1.29, 1.82) is 0 Å². The first kappa shape index (κ1) is 12.4. The SMILES string of the molecule is O=C(NCC1CCN(C2CC2)C1)C1CNCCO1. The van der Waals surface area contributed by atoms with E-state index in [9.17, 15) is 4.79 Å². The molecular formula is C13H23N3O2. The van der Waals surface area contributed by atoms with Crippen LogP contribution in [0.2, 0.25) is 0 Å². The lowest BCUT2D eigenvalue weighted by molar-refractivity contribution is -0.134. The van der Waals surface area contributed by atoms with Gasteiger partial charge in [0.1, 0.15) is 6.10 Å². The van der Waals surface area contributed by atoms with Gasteiger partial charge in [-0.05, 0) is 31.7 Å². The second-order valence-corrected chi connectivity index (χ2v) is 5.69. The average molecular weight is 253 g/mol. The molecule has 1 saturated carbocycles. The molecule has 0 radical (unpaired) electrons. The van der Waals surface area contributed by atoms with Gasteiger partial charge in [0.25, 0.3) is 0 Å². The maximum atomic E-state index is 11.9. The number of hydrogen-bond acceptors (Lipinski definition) is 4. The maximum Gasteiger partial charge on any atom is 0.250 e. The van der Waals surface area contributed by atoms with Crippen LogP contribution in [0.5, 0.6) is 0 Å². The number of amides is 1. The number of nitrogens with one attached hydrogen (secondary N) is 2. The summed E-state index contributed by atoms with van der Waals surface area (Å²) in [6.07, 6.45) is 3.68. The summed E-state index contributed by atoms with van der Waals surface area (Å²) in [4.78, 5) is 14.5. The molecule has 0 spiro atoms. The molecule has 5 heteroatoms. The van der Waals surface area contributed by atoms with Gasteiger partial charge in [-0.25, -0.2) is 0 Å². The molecule has 18 heavy (non-hydrogen) atoms. The fourth-order valence-corrected chi connectivity index (χ4v) is 2.89. The van der Waals surface area contributed by atoms with Crippen LogP contribution in [-0.4, -0.2) is 62.3 Å². The highest BCUT2D eigenvalue weighted by Gasteiger charge is 2.34. The molecule has 3 aliphatic rings.